The van der Waals surface area contributed by atoms with Crippen molar-refractivity contribution in [2.45, 2.75) is 12.8 Å². The van der Waals surface area contributed by atoms with E-state index in [-0.39, 0.29) is 5.82 Å². The largest absolute Gasteiger partial charge is 0.399 e. The third kappa shape index (κ3) is 4.27. The molecule has 0 atom stereocenters. The summed E-state index contributed by atoms with van der Waals surface area (Å²) in [6.45, 7) is 2.81. The summed E-state index contributed by atoms with van der Waals surface area (Å²) in [5, 5.41) is 7.25. The first kappa shape index (κ1) is 16.8. The number of halogens is 1. The first-order valence-corrected chi connectivity index (χ1v) is 8.81. The lowest BCUT2D eigenvalue weighted by atomic mass is 10.1. The summed E-state index contributed by atoms with van der Waals surface area (Å²) in [5.74, 6) is -0.244. The molecule has 126 valence electrons. The molecule has 24 heavy (non-hydrogen) atoms. The molecule has 2 aromatic rings. The van der Waals surface area contributed by atoms with E-state index in [0.29, 0.717) is 0 Å². The quantitative estimate of drug-likeness (QED) is 0.590. The van der Waals surface area contributed by atoms with Gasteiger partial charge in [0.25, 0.3) is 0 Å². The van der Waals surface area contributed by atoms with Gasteiger partial charge in [-0.25, -0.2) is 9.37 Å². The van der Waals surface area contributed by atoms with Crippen molar-refractivity contribution in [3.63, 3.8) is 0 Å². The average molecular weight is 345 g/mol. The van der Waals surface area contributed by atoms with Crippen molar-refractivity contribution in [3.05, 3.63) is 58.3 Å². The molecular formula is C18H20FN3OS. The van der Waals surface area contributed by atoms with Crippen LogP contribution < -0.4 is 0 Å². The maximum absolute atomic E-state index is 13.1. The van der Waals surface area contributed by atoms with Crippen molar-refractivity contribution >= 4 is 22.6 Å². The maximum Gasteiger partial charge on any atom is 0.123 e. The van der Waals surface area contributed by atoms with E-state index in [0.717, 1.165) is 48.8 Å². The van der Waals surface area contributed by atoms with Gasteiger partial charge in [-0.1, -0.05) is 23.4 Å². The average Bonchev–Trinajstić information content (AvgIpc) is 3.14. The van der Waals surface area contributed by atoms with Gasteiger partial charge < -0.3 is 4.84 Å². The zero-order valence-electron chi connectivity index (χ0n) is 13.6. The Morgan fingerprint density at radius 2 is 2.21 bits per heavy atom. The molecule has 1 aromatic heterocycles. The van der Waals surface area contributed by atoms with Crippen molar-refractivity contribution in [2.24, 2.45) is 5.16 Å². The molecule has 1 aromatic carbocycles. The van der Waals surface area contributed by atoms with E-state index < -0.39 is 0 Å². The molecule has 3 rings (SSSR count). The molecule has 1 aliphatic rings. The van der Waals surface area contributed by atoms with Gasteiger partial charge in [-0.2, -0.15) is 0 Å². The Bertz CT molecular complexity index is 710. The van der Waals surface area contributed by atoms with Crippen LogP contribution in [0.15, 0.2) is 47.1 Å². The molecule has 6 heteroatoms. The summed E-state index contributed by atoms with van der Waals surface area (Å²) in [6.07, 6.45) is 5.89. The number of aromatic nitrogens is 1. The van der Waals surface area contributed by atoms with Crippen molar-refractivity contribution in [2.75, 3.05) is 26.7 Å². The molecule has 0 saturated heterocycles. The minimum atomic E-state index is -0.244. The van der Waals surface area contributed by atoms with Crippen LogP contribution in [-0.4, -0.2) is 42.3 Å². The smallest absolute Gasteiger partial charge is 0.123 e. The highest BCUT2D eigenvalue weighted by molar-refractivity contribution is 7.10. The molecule has 0 bridgehead atoms. The Hall–Kier alpha value is -2.05. The first-order chi connectivity index (χ1) is 11.8. The SMILES string of the molecule is CO/N=C(/CCN1CC=C(c2nccs2)CC1)c1ccc(F)cc1. The second-order valence-electron chi connectivity index (χ2n) is 5.59. The Kier molecular flexibility index (Phi) is 5.72. The third-order valence-electron chi connectivity index (χ3n) is 4.04. The van der Waals surface area contributed by atoms with Gasteiger partial charge in [-0.15, -0.1) is 11.3 Å². The van der Waals surface area contributed by atoms with Crippen LogP contribution in [0.1, 0.15) is 23.4 Å². The number of nitrogens with zero attached hydrogens (tertiary/aromatic N) is 3. The van der Waals surface area contributed by atoms with Crippen molar-refractivity contribution in [3.8, 4) is 0 Å². The Morgan fingerprint density at radius 1 is 1.38 bits per heavy atom. The lowest BCUT2D eigenvalue weighted by Gasteiger charge is -2.25. The minimum absolute atomic E-state index is 0.244. The van der Waals surface area contributed by atoms with Crippen molar-refractivity contribution in [1.82, 2.24) is 9.88 Å². The first-order valence-electron chi connectivity index (χ1n) is 7.93. The molecule has 0 amide bonds. The van der Waals surface area contributed by atoms with Gasteiger partial charge >= 0.3 is 0 Å². The molecule has 0 aliphatic carbocycles. The van der Waals surface area contributed by atoms with Crippen LogP contribution in [0, 0.1) is 5.82 Å². The van der Waals surface area contributed by atoms with Gasteiger partial charge in [0.15, 0.2) is 0 Å². The van der Waals surface area contributed by atoms with Crippen LogP contribution in [0.2, 0.25) is 0 Å². The van der Waals surface area contributed by atoms with E-state index >= 15 is 0 Å². The molecule has 0 fully saturated rings. The van der Waals surface area contributed by atoms with E-state index in [4.69, 9.17) is 4.84 Å². The molecule has 0 radical (unpaired) electrons. The topological polar surface area (TPSA) is 37.7 Å². The van der Waals surface area contributed by atoms with Crippen molar-refractivity contribution < 1.29 is 9.23 Å². The van der Waals surface area contributed by atoms with Crippen LogP contribution >= 0.6 is 11.3 Å². The van der Waals surface area contributed by atoms with E-state index in [2.05, 4.69) is 21.1 Å². The zero-order valence-corrected chi connectivity index (χ0v) is 14.4. The minimum Gasteiger partial charge on any atom is -0.399 e. The second-order valence-corrected chi connectivity index (χ2v) is 6.49. The summed E-state index contributed by atoms with van der Waals surface area (Å²) in [4.78, 5) is 11.7. The predicted molar refractivity (Wildman–Crippen MR) is 95.7 cm³/mol. The lowest BCUT2D eigenvalue weighted by molar-refractivity contribution is 0.212. The highest BCUT2D eigenvalue weighted by Crippen LogP contribution is 2.24. The van der Waals surface area contributed by atoms with E-state index in [1.807, 2.05) is 11.6 Å². The van der Waals surface area contributed by atoms with Gasteiger partial charge in [0.05, 0.1) is 5.71 Å². The standard InChI is InChI=1S/C18H20FN3OS/c1-23-21-17(14-2-4-16(19)5-3-14)8-12-22-10-6-15(7-11-22)18-20-9-13-24-18/h2-6,9,13H,7-8,10-12H2,1H3/b21-17-. The molecule has 0 spiro atoms. The molecule has 4 nitrogen and oxygen atoms in total. The summed E-state index contributed by atoms with van der Waals surface area (Å²) in [5.41, 5.74) is 3.08. The van der Waals surface area contributed by atoms with Gasteiger partial charge in [0.2, 0.25) is 0 Å². The summed E-state index contributed by atoms with van der Waals surface area (Å²) >= 11 is 1.69. The fraction of sp³-hybridized carbons (Fsp3) is 0.333. The van der Waals surface area contributed by atoms with Gasteiger partial charge in [0, 0.05) is 37.6 Å². The number of benzene rings is 1. The number of rotatable bonds is 6. The number of thiazole rings is 1. The molecular weight excluding hydrogens is 325 g/mol. The molecule has 1 aliphatic heterocycles. The van der Waals surface area contributed by atoms with E-state index in [1.54, 1.807) is 23.5 Å². The van der Waals surface area contributed by atoms with Gasteiger partial charge in [-0.3, -0.25) is 4.90 Å². The van der Waals surface area contributed by atoms with Crippen LogP contribution in [0.3, 0.4) is 0 Å². The van der Waals surface area contributed by atoms with E-state index in [1.165, 1.54) is 24.8 Å². The highest BCUT2D eigenvalue weighted by Gasteiger charge is 2.15. The van der Waals surface area contributed by atoms with Crippen molar-refractivity contribution in [1.29, 1.82) is 0 Å². The van der Waals surface area contributed by atoms with Crippen LogP contribution in [0.5, 0.6) is 0 Å². The Morgan fingerprint density at radius 3 is 2.83 bits per heavy atom. The van der Waals surface area contributed by atoms with Crippen LogP contribution in [0.4, 0.5) is 4.39 Å². The van der Waals surface area contributed by atoms with Crippen LogP contribution in [0.25, 0.3) is 5.57 Å². The fourth-order valence-electron chi connectivity index (χ4n) is 2.75. The number of hydrogen-bond donors (Lipinski definition) is 0. The summed E-state index contributed by atoms with van der Waals surface area (Å²) in [7, 11) is 1.54. The fourth-order valence-corrected chi connectivity index (χ4v) is 3.46. The number of hydrogen-bond acceptors (Lipinski definition) is 5. The van der Waals surface area contributed by atoms with Gasteiger partial charge in [-0.05, 0) is 29.7 Å². The molecule has 0 unspecified atom stereocenters. The highest BCUT2D eigenvalue weighted by atomic mass is 32.1. The lowest BCUT2D eigenvalue weighted by Crippen LogP contribution is -2.30. The second kappa shape index (κ2) is 8.17. The third-order valence-corrected chi connectivity index (χ3v) is 4.89. The van der Waals surface area contributed by atoms with Gasteiger partial charge in [0.1, 0.15) is 17.9 Å². The zero-order chi connectivity index (χ0) is 16.8. The van der Waals surface area contributed by atoms with E-state index in [9.17, 15) is 4.39 Å². The van der Waals surface area contributed by atoms with Crippen LogP contribution in [-0.2, 0) is 4.84 Å². The summed E-state index contributed by atoms with van der Waals surface area (Å²) < 4.78 is 13.1. The monoisotopic (exact) mass is 345 g/mol. The Labute approximate surface area is 145 Å². The molecule has 2 heterocycles. The normalized spacial score (nSPS) is 16.1. The number of oxime groups is 1. The predicted octanol–water partition coefficient (Wildman–Crippen LogP) is 3.81. The molecule has 0 N–H and O–H groups in total. The summed E-state index contributed by atoms with van der Waals surface area (Å²) in [6, 6.07) is 6.38. The molecule has 0 saturated carbocycles. The Balaban J connectivity index is 1.58. The maximum atomic E-state index is 13.1.